The van der Waals surface area contributed by atoms with Gasteiger partial charge in [0.1, 0.15) is 5.82 Å². The summed E-state index contributed by atoms with van der Waals surface area (Å²) in [7, 11) is 0. The molecule has 0 radical (unpaired) electrons. The van der Waals surface area contributed by atoms with E-state index in [9.17, 15) is 4.79 Å². The van der Waals surface area contributed by atoms with Crippen molar-refractivity contribution in [2.45, 2.75) is 45.2 Å². The Morgan fingerprint density at radius 1 is 1.32 bits per heavy atom. The van der Waals surface area contributed by atoms with Crippen LogP contribution < -0.4 is 11.1 Å². The second-order valence-corrected chi connectivity index (χ2v) is 7.23. The third-order valence-electron chi connectivity index (χ3n) is 4.89. The van der Waals surface area contributed by atoms with Gasteiger partial charge in [0.25, 0.3) is 0 Å². The number of nitrogens with zero attached hydrogens (tertiary/aromatic N) is 2. The lowest BCUT2D eigenvalue weighted by atomic mass is 9.92. The number of carbonyl (C=O) groups excluding carboxylic acids is 1. The van der Waals surface area contributed by atoms with Crippen molar-refractivity contribution in [1.29, 1.82) is 0 Å². The van der Waals surface area contributed by atoms with Gasteiger partial charge in [-0.2, -0.15) is 0 Å². The Bertz CT molecular complexity index is 745. The highest BCUT2D eigenvalue weighted by Gasteiger charge is 2.26. The number of aromatic nitrogens is 2. The highest BCUT2D eigenvalue weighted by atomic mass is 35.5. The van der Waals surface area contributed by atoms with Gasteiger partial charge in [0.15, 0.2) is 0 Å². The van der Waals surface area contributed by atoms with Crippen molar-refractivity contribution >= 4 is 36.4 Å². The van der Waals surface area contributed by atoms with Crippen LogP contribution in [-0.2, 0) is 16.1 Å². The van der Waals surface area contributed by atoms with Crippen LogP contribution in [0, 0.1) is 5.92 Å². The molecule has 6 nitrogen and oxygen atoms in total. The average Bonchev–Trinajstić information content (AvgIpc) is 3.10. The normalized spacial score (nSPS) is 15.4. The summed E-state index contributed by atoms with van der Waals surface area (Å²) in [5.41, 5.74) is 8.05. The number of hydrogen-bond acceptors (Lipinski definition) is 4. The average molecular weight is 429 g/mol. The van der Waals surface area contributed by atoms with E-state index < -0.39 is 6.04 Å². The van der Waals surface area contributed by atoms with Crippen LogP contribution in [0.1, 0.15) is 44.0 Å². The van der Waals surface area contributed by atoms with Crippen LogP contribution in [-0.4, -0.2) is 34.7 Å². The van der Waals surface area contributed by atoms with E-state index in [1.807, 2.05) is 30.6 Å². The van der Waals surface area contributed by atoms with E-state index in [0.717, 1.165) is 36.5 Å². The lowest BCUT2D eigenvalue weighted by Crippen LogP contribution is -2.44. The summed E-state index contributed by atoms with van der Waals surface area (Å²) < 4.78 is 7.48. The van der Waals surface area contributed by atoms with Crippen molar-refractivity contribution in [3.8, 4) is 0 Å². The first-order valence-electron chi connectivity index (χ1n) is 9.28. The van der Waals surface area contributed by atoms with Gasteiger partial charge in [-0.1, -0.05) is 26.0 Å². The number of nitrogens with one attached hydrogen (secondary N) is 1. The highest BCUT2D eigenvalue weighted by Crippen LogP contribution is 2.20. The molecule has 0 spiro atoms. The summed E-state index contributed by atoms with van der Waals surface area (Å²) >= 11 is 0. The lowest BCUT2D eigenvalue weighted by molar-refractivity contribution is -0.119. The Morgan fingerprint density at radius 2 is 2.04 bits per heavy atom. The maximum Gasteiger partial charge on any atom is 0.241 e. The second-order valence-electron chi connectivity index (χ2n) is 7.23. The van der Waals surface area contributed by atoms with Crippen molar-refractivity contribution < 1.29 is 9.53 Å². The fourth-order valence-corrected chi connectivity index (χ4v) is 3.41. The highest BCUT2D eigenvalue weighted by molar-refractivity contribution is 5.95. The molecular formula is C20H30Cl2N4O2. The van der Waals surface area contributed by atoms with Gasteiger partial charge in [-0.25, -0.2) is 4.98 Å². The molecule has 1 saturated heterocycles. The van der Waals surface area contributed by atoms with Crippen LogP contribution in [0.2, 0.25) is 0 Å². The van der Waals surface area contributed by atoms with Crippen LogP contribution in [0.15, 0.2) is 36.7 Å². The van der Waals surface area contributed by atoms with Gasteiger partial charge in [0, 0.05) is 43.8 Å². The molecule has 1 aromatic carbocycles. The van der Waals surface area contributed by atoms with E-state index in [0.29, 0.717) is 19.1 Å². The fourth-order valence-electron chi connectivity index (χ4n) is 3.41. The van der Waals surface area contributed by atoms with Crippen molar-refractivity contribution in [2.75, 3.05) is 18.5 Å². The molecule has 1 aliphatic rings. The Labute approximate surface area is 179 Å². The predicted molar refractivity (Wildman–Crippen MR) is 117 cm³/mol. The molecule has 0 aliphatic carbocycles. The number of imidazole rings is 1. The maximum atomic E-state index is 12.5. The van der Waals surface area contributed by atoms with Crippen LogP contribution in [0.4, 0.5) is 5.69 Å². The Morgan fingerprint density at radius 3 is 2.71 bits per heavy atom. The molecule has 28 heavy (non-hydrogen) atoms. The maximum absolute atomic E-state index is 12.5. The number of carbonyl (C=O) groups is 1. The van der Waals surface area contributed by atoms with Gasteiger partial charge in [-0.3, -0.25) is 4.79 Å². The Balaban J connectivity index is 0.00000196. The first kappa shape index (κ1) is 24.4. The molecule has 2 heterocycles. The van der Waals surface area contributed by atoms with Gasteiger partial charge < -0.3 is 20.4 Å². The van der Waals surface area contributed by atoms with Crippen molar-refractivity contribution in [3.05, 3.63) is 48.0 Å². The summed E-state index contributed by atoms with van der Waals surface area (Å²) in [6.45, 7) is 6.36. The monoisotopic (exact) mass is 428 g/mol. The van der Waals surface area contributed by atoms with E-state index in [1.165, 1.54) is 0 Å². The minimum atomic E-state index is -0.497. The molecular weight excluding hydrogens is 399 g/mol. The number of benzene rings is 1. The predicted octanol–water partition coefficient (Wildman–Crippen LogP) is 3.59. The minimum Gasteiger partial charge on any atom is -0.381 e. The standard InChI is InChI=1S/C20H28N4O2.2ClH/c1-14(2)19-22-8-9-24(19)13-15-4-3-5-17(12-15)23-20(25)18(21)16-6-10-26-11-7-16;;/h3-5,8-9,12,14,16,18H,6-7,10-11,13,21H2,1-2H3,(H,23,25);2*1H. The number of hydrogen-bond donors (Lipinski definition) is 2. The zero-order valence-corrected chi connectivity index (χ0v) is 18.0. The van der Waals surface area contributed by atoms with E-state index in [2.05, 4.69) is 34.8 Å². The van der Waals surface area contributed by atoms with Gasteiger partial charge in [-0.15, -0.1) is 24.8 Å². The van der Waals surface area contributed by atoms with Gasteiger partial charge in [-0.05, 0) is 36.5 Å². The van der Waals surface area contributed by atoms with E-state index in [4.69, 9.17) is 10.5 Å². The summed E-state index contributed by atoms with van der Waals surface area (Å²) in [6, 6.07) is 7.41. The van der Waals surface area contributed by atoms with Gasteiger partial charge in [0.05, 0.1) is 6.04 Å². The molecule has 0 bridgehead atoms. The van der Waals surface area contributed by atoms with Crippen molar-refractivity contribution in [3.63, 3.8) is 0 Å². The van der Waals surface area contributed by atoms with E-state index in [-0.39, 0.29) is 36.6 Å². The molecule has 2 aromatic rings. The minimum absolute atomic E-state index is 0. The molecule has 156 valence electrons. The molecule has 1 aliphatic heterocycles. The zero-order chi connectivity index (χ0) is 18.5. The lowest BCUT2D eigenvalue weighted by Gasteiger charge is -2.26. The van der Waals surface area contributed by atoms with Crippen molar-refractivity contribution in [2.24, 2.45) is 11.7 Å². The third kappa shape index (κ3) is 6.21. The van der Waals surface area contributed by atoms with E-state index >= 15 is 0 Å². The number of amides is 1. The molecule has 1 unspecified atom stereocenters. The molecule has 1 fully saturated rings. The van der Waals surface area contributed by atoms with Crippen LogP contribution >= 0.6 is 24.8 Å². The van der Waals surface area contributed by atoms with E-state index in [1.54, 1.807) is 0 Å². The molecule has 1 amide bonds. The fraction of sp³-hybridized carbons (Fsp3) is 0.500. The summed E-state index contributed by atoms with van der Waals surface area (Å²) in [5.74, 6) is 1.48. The quantitative estimate of drug-likeness (QED) is 0.735. The SMILES string of the molecule is CC(C)c1nccn1Cc1cccc(NC(=O)C(N)C2CCOCC2)c1.Cl.Cl. The first-order valence-corrected chi connectivity index (χ1v) is 9.28. The number of halogens is 2. The number of rotatable bonds is 6. The molecule has 1 aromatic heterocycles. The Kier molecular flexibility index (Phi) is 9.96. The van der Waals surface area contributed by atoms with Crippen LogP contribution in [0.3, 0.4) is 0 Å². The first-order chi connectivity index (χ1) is 12.5. The van der Waals surface area contributed by atoms with Crippen LogP contribution in [0.25, 0.3) is 0 Å². The number of ether oxygens (including phenoxy) is 1. The molecule has 0 saturated carbocycles. The molecule has 1 atom stereocenters. The van der Waals surface area contributed by atoms with Gasteiger partial charge >= 0.3 is 0 Å². The topological polar surface area (TPSA) is 82.2 Å². The zero-order valence-electron chi connectivity index (χ0n) is 16.3. The number of anilines is 1. The Hall–Kier alpha value is -1.60. The summed E-state index contributed by atoms with van der Waals surface area (Å²) in [5, 5.41) is 2.97. The summed E-state index contributed by atoms with van der Waals surface area (Å²) in [6.07, 6.45) is 5.50. The smallest absolute Gasteiger partial charge is 0.241 e. The molecule has 3 N–H and O–H groups in total. The number of nitrogens with two attached hydrogens (primary N) is 1. The summed E-state index contributed by atoms with van der Waals surface area (Å²) in [4.78, 5) is 16.9. The molecule has 8 heteroatoms. The van der Waals surface area contributed by atoms with Gasteiger partial charge in [0.2, 0.25) is 5.91 Å². The third-order valence-corrected chi connectivity index (χ3v) is 4.89. The second kappa shape index (κ2) is 11.4. The largest absolute Gasteiger partial charge is 0.381 e. The van der Waals surface area contributed by atoms with Crippen LogP contribution in [0.5, 0.6) is 0 Å². The van der Waals surface area contributed by atoms with Crippen molar-refractivity contribution in [1.82, 2.24) is 9.55 Å². The molecule has 3 rings (SSSR count).